The SMILES string of the molecule is CCOC(=O)C1=C(C)N=c2s/c(=C\c3ccc(OCc4ccccc4Cl)c(OCC)c3)c(=O)n2[C@H]1c1ccc(F)cc1. The van der Waals surface area contributed by atoms with Crippen LogP contribution in [0, 0.1) is 5.82 Å². The van der Waals surface area contributed by atoms with Crippen molar-refractivity contribution < 1.29 is 23.4 Å². The molecule has 0 radical (unpaired) electrons. The summed E-state index contributed by atoms with van der Waals surface area (Å²) < 4.78 is 32.8. The van der Waals surface area contributed by atoms with Crippen LogP contribution in [0.15, 0.2) is 87.8 Å². The lowest BCUT2D eigenvalue weighted by atomic mass is 9.96. The summed E-state index contributed by atoms with van der Waals surface area (Å²) in [5.74, 6) is 0.0714. The summed E-state index contributed by atoms with van der Waals surface area (Å²) in [6.07, 6.45) is 1.75. The molecule has 2 heterocycles. The van der Waals surface area contributed by atoms with Crippen molar-refractivity contribution in [2.75, 3.05) is 13.2 Å². The third-order valence-corrected chi connectivity index (χ3v) is 7.96. The van der Waals surface area contributed by atoms with Gasteiger partial charge in [-0.1, -0.05) is 59.3 Å². The number of hydrogen-bond donors (Lipinski definition) is 0. The molecule has 1 aliphatic heterocycles. The van der Waals surface area contributed by atoms with Crippen LogP contribution in [0.2, 0.25) is 5.02 Å². The number of allylic oxidation sites excluding steroid dienone is 1. The number of ether oxygens (including phenoxy) is 3. The number of nitrogens with zero attached hydrogens (tertiary/aromatic N) is 2. The van der Waals surface area contributed by atoms with Gasteiger partial charge in [0.05, 0.1) is 35.1 Å². The Morgan fingerprint density at radius 3 is 2.52 bits per heavy atom. The molecule has 216 valence electrons. The van der Waals surface area contributed by atoms with Crippen molar-refractivity contribution in [1.29, 1.82) is 0 Å². The van der Waals surface area contributed by atoms with Gasteiger partial charge in [-0.2, -0.15) is 0 Å². The smallest absolute Gasteiger partial charge is 0.338 e. The van der Waals surface area contributed by atoms with Crippen molar-refractivity contribution in [2.45, 2.75) is 33.4 Å². The van der Waals surface area contributed by atoms with Crippen LogP contribution in [0.3, 0.4) is 0 Å². The van der Waals surface area contributed by atoms with Crippen molar-refractivity contribution in [3.8, 4) is 11.5 Å². The van der Waals surface area contributed by atoms with Gasteiger partial charge < -0.3 is 14.2 Å². The maximum absolute atomic E-state index is 13.8. The number of carbonyl (C=O) groups is 1. The summed E-state index contributed by atoms with van der Waals surface area (Å²) in [6.45, 7) is 6.14. The zero-order valence-electron chi connectivity index (χ0n) is 23.2. The Kier molecular flexibility index (Phi) is 8.89. The van der Waals surface area contributed by atoms with Gasteiger partial charge in [-0.25, -0.2) is 14.2 Å². The highest BCUT2D eigenvalue weighted by molar-refractivity contribution is 7.07. The normalized spacial score (nSPS) is 14.8. The Balaban J connectivity index is 1.55. The van der Waals surface area contributed by atoms with E-state index in [4.69, 9.17) is 25.8 Å². The van der Waals surface area contributed by atoms with E-state index in [1.807, 2.05) is 31.2 Å². The van der Waals surface area contributed by atoms with Crippen molar-refractivity contribution >= 4 is 35.0 Å². The number of thiazole rings is 1. The van der Waals surface area contributed by atoms with E-state index >= 15 is 0 Å². The Labute approximate surface area is 250 Å². The molecule has 7 nitrogen and oxygen atoms in total. The zero-order chi connectivity index (χ0) is 29.8. The number of hydrogen-bond acceptors (Lipinski definition) is 7. The third kappa shape index (κ3) is 6.03. The van der Waals surface area contributed by atoms with E-state index in [-0.39, 0.29) is 24.3 Å². The molecule has 0 N–H and O–H groups in total. The van der Waals surface area contributed by atoms with Gasteiger partial charge in [-0.15, -0.1) is 0 Å². The number of fused-ring (bicyclic) bond motifs is 1. The lowest BCUT2D eigenvalue weighted by molar-refractivity contribution is -0.139. The molecular formula is C32H28ClFN2O5S. The van der Waals surface area contributed by atoms with Gasteiger partial charge in [0.25, 0.3) is 5.56 Å². The second kappa shape index (κ2) is 12.8. The summed E-state index contributed by atoms with van der Waals surface area (Å²) in [5.41, 5.74) is 2.48. The molecular weight excluding hydrogens is 579 g/mol. The maximum Gasteiger partial charge on any atom is 0.338 e. The van der Waals surface area contributed by atoms with E-state index in [1.165, 1.54) is 28.0 Å². The van der Waals surface area contributed by atoms with Crippen molar-refractivity contribution in [3.63, 3.8) is 0 Å². The van der Waals surface area contributed by atoms with E-state index < -0.39 is 17.8 Å². The fourth-order valence-electron chi connectivity index (χ4n) is 4.68. The summed E-state index contributed by atoms with van der Waals surface area (Å²) >= 11 is 7.48. The van der Waals surface area contributed by atoms with Crippen LogP contribution in [-0.4, -0.2) is 23.8 Å². The second-order valence-electron chi connectivity index (χ2n) is 9.37. The number of benzene rings is 3. The zero-order valence-corrected chi connectivity index (χ0v) is 24.8. The van der Waals surface area contributed by atoms with Gasteiger partial charge >= 0.3 is 5.97 Å². The van der Waals surface area contributed by atoms with Crippen LogP contribution in [0.25, 0.3) is 6.08 Å². The molecule has 0 saturated carbocycles. The predicted octanol–water partition coefficient (Wildman–Crippen LogP) is 5.57. The number of aromatic nitrogens is 1. The van der Waals surface area contributed by atoms with Crippen LogP contribution in [-0.2, 0) is 16.1 Å². The highest BCUT2D eigenvalue weighted by atomic mass is 35.5. The highest BCUT2D eigenvalue weighted by Crippen LogP contribution is 2.32. The maximum atomic E-state index is 13.8. The summed E-state index contributed by atoms with van der Waals surface area (Å²) in [6, 6.07) is 17.8. The minimum Gasteiger partial charge on any atom is -0.490 e. The average Bonchev–Trinajstić information content (AvgIpc) is 3.27. The monoisotopic (exact) mass is 606 g/mol. The molecule has 10 heteroatoms. The minimum atomic E-state index is -0.817. The largest absolute Gasteiger partial charge is 0.490 e. The Morgan fingerprint density at radius 1 is 1.05 bits per heavy atom. The molecule has 0 saturated heterocycles. The first-order valence-corrected chi connectivity index (χ1v) is 14.6. The lowest BCUT2D eigenvalue weighted by Crippen LogP contribution is -2.39. The molecule has 0 amide bonds. The number of rotatable bonds is 9. The van der Waals surface area contributed by atoms with Crippen LogP contribution in [0.1, 0.15) is 43.5 Å². The first-order chi connectivity index (χ1) is 20.3. The second-order valence-corrected chi connectivity index (χ2v) is 10.8. The molecule has 1 aromatic heterocycles. The molecule has 0 aliphatic carbocycles. The molecule has 1 atom stereocenters. The van der Waals surface area contributed by atoms with Gasteiger partial charge in [-0.3, -0.25) is 9.36 Å². The number of esters is 1. The van der Waals surface area contributed by atoms with E-state index in [0.29, 0.717) is 49.3 Å². The van der Waals surface area contributed by atoms with Crippen LogP contribution < -0.4 is 24.4 Å². The average molecular weight is 607 g/mol. The molecule has 5 rings (SSSR count). The van der Waals surface area contributed by atoms with Gasteiger partial charge in [0.15, 0.2) is 16.3 Å². The molecule has 42 heavy (non-hydrogen) atoms. The van der Waals surface area contributed by atoms with E-state index in [0.717, 1.165) is 5.56 Å². The van der Waals surface area contributed by atoms with Crippen LogP contribution in [0.4, 0.5) is 4.39 Å². The molecule has 0 spiro atoms. The first-order valence-electron chi connectivity index (χ1n) is 13.4. The van der Waals surface area contributed by atoms with Crippen molar-refractivity contribution in [3.05, 3.63) is 125 Å². The summed E-state index contributed by atoms with van der Waals surface area (Å²) in [5, 5.41) is 0.614. The van der Waals surface area contributed by atoms with Crippen molar-refractivity contribution in [1.82, 2.24) is 4.57 Å². The molecule has 4 aromatic rings. The summed E-state index contributed by atoms with van der Waals surface area (Å²) in [7, 11) is 0. The van der Waals surface area contributed by atoms with E-state index in [1.54, 1.807) is 50.3 Å². The standard InChI is InChI=1S/C32H28ClFN2O5S/c1-4-39-26-16-20(10-15-25(26)41-18-22-8-6-7-9-24(22)33)17-27-30(37)36-29(21-11-13-23(34)14-12-21)28(31(38)40-5-2)19(3)35-32(36)42-27/h6-17,29H,4-5,18H2,1-3H3/b27-17-/t29-/m0/s1. The quantitative estimate of drug-likeness (QED) is 0.233. The Morgan fingerprint density at radius 2 is 1.81 bits per heavy atom. The van der Waals surface area contributed by atoms with Crippen LogP contribution in [0.5, 0.6) is 11.5 Å². The lowest BCUT2D eigenvalue weighted by Gasteiger charge is -2.24. The molecule has 0 bridgehead atoms. The van der Waals surface area contributed by atoms with Gasteiger partial charge in [-0.05, 0) is 68.3 Å². The topological polar surface area (TPSA) is 79.1 Å². The molecule has 1 aliphatic rings. The van der Waals surface area contributed by atoms with Gasteiger partial charge in [0, 0.05) is 10.6 Å². The minimum absolute atomic E-state index is 0.163. The predicted molar refractivity (Wildman–Crippen MR) is 160 cm³/mol. The van der Waals surface area contributed by atoms with E-state index in [9.17, 15) is 14.0 Å². The van der Waals surface area contributed by atoms with E-state index in [2.05, 4.69) is 4.99 Å². The van der Waals surface area contributed by atoms with Gasteiger partial charge in [0.1, 0.15) is 12.4 Å². The fraction of sp³-hybridized carbons (Fsp3) is 0.219. The number of halogens is 2. The molecule has 0 fully saturated rings. The molecule has 3 aromatic carbocycles. The first kappa shape index (κ1) is 29.3. The highest BCUT2D eigenvalue weighted by Gasteiger charge is 2.33. The van der Waals surface area contributed by atoms with Crippen LogP contribution >= 0.6 is 22.9 Å². The summed E-state index contributed by atoms with van der Waals surface area (Å²) in [4.78, 5) is 31.8. The number of carbonyl (C=O) groups excluding carboxylic acids is 1. The van der Waals surface area contributed by atoms with Crippen molar-refractivity contribution in [2.24, 2.45) is 4.99 Å². The fourth-order valence-corrected chi connectivity index (χ4v) is 5.91. The van der Waals surface area contributed by atoms with Gasteiger partial charge in [0.2, 0.25) is 0 Å². The Hall–Kier alpha value is -4.21. The Bertz CT molecular complexity index is 1850. The third-order valence-electron chi connectivity index (χ3n) is 6.61. The molecule has 0 unspecified atom stereocenters.